The Morgan fingerprint density at radius 3 is 2.72 bits per heavy atom. The summed E-state index contributed by atoms with van der Waals surface area (Å²) in [5, 5.41) is 5.17. The van der Waals surface area contributed by atoms with Gasteiger partial charge in [-0.2, -0.15) is 0 Å². The number of amides is 3. The third-order valence-electron chi connectivity index (χ3n) is 5.98. The summed E-state index contributed by atoms with van der Waals surface area (Å²) in [6.07, 6.45) is 0.878. The maximum atomic E-state index is 12.9. The molecule has 29 heavy (non-hydrogen) atoms. The van der Waals surface area contributed by atoms with Gasteiger partial charge in [0.25, 0.3) is 0 Å². The zero-order valence-corrected chi connectivity index (χ0v) is 16.4. The number of benzene rings is 3. The maximum absolute atomic E-state index is 12.9. The van der Waals surface area contributed by atoms with E-state index >= 15 is 0 Å². The monoisotopic (exact) mass is 385 g/mol. The fraction of sp³-hybridized carbons (Fsp3) is 0.250. The van der Waals surface area contributed by atoms with E-state index in [1.165, 1.54) is 16.7 Å². The van der Waals surface area contributed by atoms with Crippen LogP contribution < -0.4 is 5.32 Å². The van der Waals surface area contributed by atoms with Crippen molar-refractivity contribution >= 4 is 28.4 Å². The molecular formula is C24H23N3O2. The fourth-order valence-corrected chi connectivity index (χ4v) is 4.49. The molecule has 1 N–H and O–H groups in total. The van der Waals surface area contributed by atoms with E-state index in [1.54, 1.807) is 4.90 Å². The van der Waals surface area contributed by atoms with Gasteiger partial charge in [-0.3, -0.25) is 4.79 Å². The van der Waals surface area contributed by atoms with Crippen molar-refractivity contribution < 1.29 is 9.59 Å². The molecule has 0 aliphatic carbocycles. The number of hydrogen-bond acceptors (Lipinski definition) is 2. The molecule has 0 aromatic heterocycles. The summed E-state index contributed by atoms with van der Waals surface area (Å²) in [5.41, 5.74) is 4.42. The van der Waals surface area contributed by atoms with Gasteiger partial charge in [0.15, 0.2) is 0 Å². The number of anilines is 1. The van der Waals surface area contributed by atoms with E-state index in [-0.39, 0.29) is 24.5 Å². The van der Waals surface area contributed by atoms with Gasteiger partial charge in [0, 0.05) is 18.8 Å². The van der Waals surface area contributed by atoms with E-state index < -0.39 is 0 Å². The van der Waals surface area contributed by atoms with Crippen molar-refractivity contribution in [1.29, 1.82) is 0 Å². The van der Waals surface area contributed by atoms with Crippen molar-refractivity contribution in [3.05, 3.63) is 77.4 Å². The molecule has 0 spiro atoms. The van der Waals surface area contributed by atoms with E-state index in [4.69, 9.17) is 0 Å². The van der Waals surface area contributed by atoms with Crippen molar-refractivity contribution in [1.82, 2.24) is 9.80 Å². The molecular weight excluding hydrogens is 362 g/mol. The van der Waals surface area contributed by atoms with Crippen LogP contribution in [-0.4, -0.2) is 41.4 Å². The minimum Gasteiger partial charge on any atom is -0.332 e. The Morgan fingerprint density at radius 1 is 1.03 bits per heavy atom. The van der Waals surface area contributed by atoms with E-state index in [0.29, 0.717) is 6.54 Å². The van der Waals surface area contributed by atoms with Crippen molar-refractivity contribution in [2.24, 2.45) is 0 Å². The molecule has 1 fully saturated rings. The normalized spacial score (nSPS) is 18.4. The van der Waals surface area contributed by atoms with Gasteiger partial charge in [-0.05, 0) is 47.4 Å². The first kappa shape index (κ1) is 17.7. The number of carbonyl (C=O) groups is 2. The number of urea groups is 1. The third-order valence-corrected chi connectivity index (χ3v) is 5.98. The molecule has 1 unspecified atom stereocenters. The van der Waals surface area contributed by atoms with Crippen molar-refractivity contribution in [2.45, 2.75) is 19.4 Å². The first-order valence-corrected chi connectivity index (χ1v) is 10.0. The van der Waals surface area contributed by atoms with Gasteiger partial charge < -0.3 is 15.1 Å². The van der Waals surface area contributed by atoms with Gasteiger partial charge in [-0.1, -0.05) is 54.1 Å². The van der Waals surface area contributed by atoms with Gasteiger partial charge in [0.05, 0.1) is 6.04 Å². The van der Waals surface area contributed by atoms with Crippen LogP contribution in [0.5, 0.6) is 0 Å². The van der Waals surface area contributed by atoms with Gasteiger partial charge >= 0.3 is 6.03 Å². The number of hydrogen-bond donors (Lipinski definition) is 1. The predicted octanol–water partition coefficient (Wildman–Crippen LogP) is 4.12. The molecule has 5 nitrogen and oxygen atoms in total. The topological polar surface area (TPSA) is 52.7 Å². The molecule has 5 rings (SSSR count). The molecule has 146 valence electrons. The second-order valence-electron chi connectivity index (χ2n) is 7.93. The lowest BCUT2D eigenvalue weighted by atomic mass is 9.89. The smallest absolute Gasteiger partial charge is 0.322 e. The molecule has 0 bridgehead atoms. The minimum absolute atomic E-state index is 0.0149. The summed E-state index contributed by atoms with van der Waals surface area (Å²) in [7, 11) is 0. The first-order chi connectivity index (χ1) is 14.1. The van der Waals surface area contributed by atoms with Crippen LogP contribution >= 0.6 is 0 Å². The Kier molecular flexibility index (Phi) is 4.23. The second kappa shape index (κ2) is 6.92. The molecule has 3 aromatic carbocycles. The highest BCUT2D eigenvalue weighted by molar-refractivity contribution is 5.95. The zero-order chi connectivity index (χ0) is 20.0. The minimum atomic E-state index is -0.229. The van der Waals surface area contributed by atoms with Crippen LogP contribution in [0.1, 0.15) is 22.7 Å². The van der Waals surface area contributed by atoms with Crippen LogP contribution in [0.15, 0.2) is 60.7 Å². The van der Waals surface area contributed by atoms with Gasteiger partial charge in [-0.25, -0.2) is 4.79 Å². The van der Waals surface area contributed by atoms with E-state index in [0.717, 1.165) is 29.4 Å². The van der Waals surface area contributed by atoms with Crippen LogP contribution in [0.4, 0.5) is 10.5 Å². The highest BCUT2D eigenvalue weighted by Gasteiger charge is 2.38. The average molecular weight is 385 g/mol. The summed E-state index contributed by atoms with van der Waals surface area (Å²) < 4.78 is 0. The second-order valence-corrected chi connectivity index (χ2v) is 7.93. The number of nitrogens with zero attached hydrogens (tertiary/aromatic N) is 2. The number of piperazine rings is 1. The Bertz CT molecular complexity index is 1120. The Hall–Kier alpha value is -3.34. The van der Waals surface area contributed by atoms with Gasteiger partial charge in [-0.15, -0.1) is 0 Å². The van der Waals surface area contributed by atoms with Crippen molar-refractivity contribution in [3.8, 4) is 0 Å². The molecule has 0 radical (unpaired) electrons. The maximum Gasteiger partial charge on any atom is 0.322 e. The molecule has 1 atom stereocenters. The summed E-state index contributed by atoms with van der Waals surface area (Å²) in [4.78, 5) is 29.2. The number of carbonyl (C=O) groups excluding carboxylic acids is 2. The van der Waals surface area contributed by atoms with E-state index in [1.807, 2.05) is 47.4 Å². The van der Waals surface area contributed by atoms with Crippen LogP contribution in [-0.2, 0) is 11.2 Å². The predicted molar refractivity (Wildman–Crippen MR) is 114 cm³/mol. The van der Waals surface area contributed by atoms with Crippen molar-refractivity contribution in [2.75, 3.05) is 25.0 Å². The zero-order valence-electron chi connectivity index (χ0n) is 16.4. The molecule has 2 aliphatic rings. The number of rotatable bonds is 1. The molecule has 0 saturated carbocycles. The lowest BCUT2D eigenvalue weighted by molar-refractivity contribution is -0.139. The Balaban J connectivity index is 1.38. The molecule has 3 amide bonds. The Morgan fingerprint density at radius 2 is 1.86 bits per heavy atom. The summed E-state index contributed by atoms with van der Waals surface area (Å²) in [6, 6.07) is 20.0. The van der Waals surface area contributed by atoms with Crippen LogP contribution in [0.2, 0.25) is 0 Å². The van der Waals surface area contributed by atoms with Gasteiger partial charge in [0.1, 0.15) is 6.54 Å². The molecule has 2 heterocycles. The van der Waals surface area contributed by atoms with E-state index in [9.17, 15) is 9.59 Å². The largest absolute Gasteiger partial charge is 0.332 e. The quantitative estimate of drug-likeness (QED) is 0.685. The lowest BCUT2D eigenvalue weighted by Gasteiger charge is -2.44. The summed E-state index contributed by atoms with van der Waals surface area (Å²) >= 11 is 0. The van der Waals surface area contributed by atoms with E-state index in [2.05, 4.69) is 30.4 Å². The lowest BCUT2D eigenvalue weighted by Crippen LogP contribution is -2.56. The number of aryl methyl sites for hydroxylation is 1. The highest BCUT2D eigenvalue weighted by Crippen LogP contribution is 2.33. The Labute approximate surface area is 169 Å². The van der Waals surface area contributed by atoms with Crippen LogP contribution in [0.25, 0.3) is 10.8 Å². The third kappa shape index (κ3) is 3.23. The SMILES string of the molecule is Cc1ccc2c(c1)CCN1C(=O)CN(C(=O)Nc3ccc4ccccc4c3)CC21. The number of nitrogens with one attached hydrogen (secondary N) is 1. The van der Waals surface area contributed by atoms with Crippen LogP contribution in [0, 0.1) is 6.92 Å². The molecule has 2 aliphatic heterocycles. The van der Waals surface area contributed by atoms with Crippen LogP contribution in [0.3, 0.4) is 0 Å². The summed E-state index contributed by atoms with van der Waals surface area (Å²) in [5.74, 6) is 0.0149. The first-order valence-electron chi connectivity index (χ1n) is 10.0. The standard InChI is InChI=1S/C24H23N3O2/c1-16-6-9-21-19(12-16)10-11-27-22(21)14-26(15-23(27)28)24(29)25-20-8-7-17-4-2-3-5-18(17)13-20/h2-9,12-13,22H,10-11,14-15H2,1H3,(H,25,29). The number of fused-ring (bicyclic) bond motifs is 4. The highest BCUT2D eigenvalue weighted by atomic mass is 16.2. The fourth-order valence-electron chi connectivity index (χ4n) is 4.49. The van der Waals surface area contributed by atoms with Gasteiger partial charge in [0.2, 0.25) is 5.91 Å². The molecule has 3 aromatic rings. The molecule has 5 heteroatoms. The molecule has 1 saturated heterocycles. The summed E-state index contributed by atoms with van der Waals surface area (Å²) in [6.45, 7) is 3.44. The average Bonchev–Trinajstić information content (AvgIpc) is 2.73. The van der Waals surface area contributed by atoms with Crippen molar-refractivity contribution in [3.63, 3.8) is 0 Å².